The third-order valence-electron chi connectivity index (χ3n) is 13.5. The van der Waals surface area contributed by atoms with Gasteiger partial charge in [0.2, 0.25) is 0 Å². The second kappa shape index (κ2) is 10.8. The number of aliphatic hydroxyl groups is 1. The molecule has 4 fully saturated rings. The van der Waals surface area contributed by atoms with Crippen LogP contribution in [0.5, 0.6) is 0 Å². The number of hydrogen-bond donors (Lipinski definition) is 1. The topological polar surface area (TPSA) is 85.3 Å². The van der Waals surface area contributed by atoms with E-state index in [-0.39, 0.29) is 34.7 Å². The maximum Gasteiger partial charge on any atom is 0.357 e. The Bertz CT molecular complexity index is 1370. The Balaban J connectivity index is 1.08. The van der Waals surface area contributed by atoms with Crippen molar-refractivity contribution in [2.24, 2.45) is 51.8 Å². The Labute approximate surface area is 262 Å². The van der Waals surface area contributed by atoms with Gasteiger partial charge in [0, 0.05) is 26.0 Å². The molecule has 0 saturated heterocycles. The maximum absolute atomic E-state index is 12.6. The van der Waals surface area contributed by atoms with Crippen LogP contribution in [0.3, 0.4) is 0 Å². The normalized spacial score (nSPS) is 42.7. The maximum atomic E-state index is 12.6. The first kappa shape index (κ1) is 30.2. The molecule has 7 heteroatoms. The fourth-order valence-corrected chi connectivity index (χ4v) is 11.2. The van der Waals surface area contributed by atoms with Gasteiger partial charge < -0.3 is 19.4 Å². The Kier molecular flexibility index (Phi) is 7.42. The molecule has 11 atom stereocenters. The van der Waals surface area contributed by atoms with Crippen LogP contribution in [0.15, 0.2) is 53.8 Å². The van der Waals surface area contributed by atoms with Crippen molar-refractivity contribution in [3.05, 3.63) is 59.4 Å². The van der Waals surface area contributed by atoms with E-state index < -0.39 is 12.1 Å². The number of ketones is 1. The molecular formula is C37H49NO6. The van der Waals surface area contributed by atoms with Crippen molar-refractivity contribution in [2.75, 3.05) is 27.3 Å². The summed E-state index contributed by atoms with van der Waals surface area (Å²) in [5.41, 5.74) is 2.12. The second-order valence-electron chi connectivity index (χ2n) is 15.3. The molecule has 0 bridgehead atoms. The van der Waals surface area contributed by atoms with E-state index >= 15 is 0 Å². The first-order valence-corrected chi connectivity index (χ1v) is 16.8. The van der Waals surface area contributed by atoms with E-state index in [9.17, 15) is 14.7 Å². The van der Waals surface area contributed by atoms with Crippen LogP contribution in [0.4, 0.5) is 0 Å². The van der Waals surface area contributed by atoms with Gasteiger partial charge in [0.15, 0.2) is 5.78 Å². The van der Waals surface area contributed by atoms with Crippen LogP contribution in [0.25, 0.3) is 0 Å². The molecule has 4 saturated carbocycles. The van der Waals surface area contributed by atoms with Crippen LogP contribution in [0.2, 0.25) is 0 Å². The summed E-state index contributed by atoms with van der Waals surface area (Å²) in [7, 11) is 3.59. The number of fused-ring (bicyclic) bond motifs is 2. The summed E-state index contributed by atoms with van der Waals surface area (Å²) in [4.78, 5) is 30.8. The lowest BCUT2D eigenvalue weighted by Gasteiger charge is -2.55. The molecule has 5 aliphatic carbocycles. The largest absolute Gasteiger partial charge is 0.495 e. The highest BCUT2D eigenvalue weighted by Crippen LogP contribution is 2.84. The number of carbonyl (C=O) groups is 2. The summed E-state index contributed by atoms with van der Waals surface area (Å²) >= 11 is 0. The van der Waals surface area contributed by atoms with E-state index in [1.165, 1.54) is 19.3 Å². The summed E-state index contributed by atoms with van der Waals surface area (Å²) in [6, 6.07) is 8.98. The predicted molar refractivity (Wildman–Crippen MR) is 166 cm³/mol. The van der Waals surface area contributed by atoms with Crippen molar-refractivity contribution in [1.29, 1.82) is 0 Å². The standard InChI is InChI=1S/C37H49NO6/c1-22-20-43-33(25(22)19-38(4)44-34(41)24-9-7-6-8-10-24)31(40)17-29-32(42-5)18-28-27-12-11-26-23(2)30(39)13-14-36(26)21-37(27,36)16-15-35(28,29)3/h6-10,13-14,22-23,26-29,31-32,40H,11-12,15-21H2,1-5H3/t22?,23-,26?,27?,28?,29-,31?,32-,35-,36?,37?/m0/s1. The molecule has 1 aromatic carbocycles. The lowest BCUT2D eigenvalue weighted by Crippen LogP contribution is -2.49. The number of allylic oxidation sites excluding steroid dienone is 2. The average molecular weight is 604 g/mol. The van der Waals surface area contributed by atoms with Gasteiger partial charge >= 0.3 is 5.97 Å². The number of ether oxygens (including phenoxy) is 2. The van der Waals surface area contributed by atoms with Crippen molar-refractivity contribution in [1.82, 2.24) is 5.06 Å². The molecule has 7 unspecified atom stereocenters. The van der Waals surface area contributed by atoms with Crippen molar-refractivity contribution < 1.29 is 29.0 Å². The van der Waals surface area contributed by atoms with Gasteiger partial charge in [0.05, 0.1) is 24.8 Å². The number of hydrogen-bond acceptors (Lipinski definition) is 7. The van der Waals surface area contributed by atoms with Crippen LogP contribution >= 0.6 is 0 Å². The summed E-state index contributed by atoms with van der Waals surface area (Å²) in [5, 5.41) is 13.3. The van der Waals surface area contributed by atoms with E-state index in [1.54, 1.807) is 24.2 Å². The fraction of sp³-hybridized carbons (Fsp3) is 0.676. The van der Waals surface area contributed by atoms with Gasteiger partial charge in [-0.05, 0) is 109 Å². The van der Waals surface area contributed by atoms with Gasteiger partial charge in [0.1, 0.15) is 11.9 Å². The molecule has 7 nitrogen and oxygen atoms in total. The number of methoxy groups -OCH3 is 1. The Morgan fingerprint density at radius 1 is 1.14 bits per heavy atom. The number of benzene rings is 1. The van der Waals surface area contributed by atoms with E-state index in [0.29, 0.717) is 59.8 Å². The summed E-state index contributed by atoms with van der Waals surface area (Å²) in [6.07, 6.45) is 11.2. The molecule has 6 aliphatic rings. The number of rotatable bonds is 8. The van der Waals surface area contributed by atoms with Crippen molar-refractivity contribution in [3.63, 3.8) is 0 Å². The molecule has 1 aliphatic heterocycles. The Morgan fingerprint density at radius 2 is 1.89 bits per heavy atom. The number of aliphatic hydroxyl groups excluding tert-OH is 1. The number of hydroxylamine groups is 2. The van der Waals surface area contributed by atoms with Crippen LogP contribution in [-0.2, 0) is 19.1 Å². The molecule has 2 spiro atoms. The zero-order chi connectivity index (χ0) is 31.0. The summed E-state index contributed by atoms with van der Waals surface area (Å²) < 4.78 is 12.4. The lowest BCUT2D eigenvalue weighted by molar-refractivity contribution is -0.123. The minimum Gasteiger partial charge on any atom is -0.495 e. The molecule has 238 valence electrons. The van der Waals surface area contributed by atoms with Gasteiger partial charge in [0.25, 0.3) is 0 Å². The van der Waals surface area contributed by atoms with Gasteiger partial charge in [-0.2, -0.15) is 0 Å². The van der Waals surface area contributed by atoms with Gasteiger partial charge in [-0.25, -0.2) is 4.79 Å². The van der Waals surface area contributed by atoms with Crippen molar-refractivity contribution in [3.8, 4) is 0 Å². The smallest absolute Gasteiger partial charge is 0.357 e. The number of likely N-dealkylation sites (N-methyl/N-ethyl adjacent to an activating group) is 1. The van der Waals surface area contributed by atoms with E-state index in [2.05, 4.69) is 26.8 Å². The van der Waals surface area contributed by atoms with Crippen LogP contribution < -0.4 is 0 Å². The van der Waals surface area contributed by atoms with E-state index in [1.807, 2.05) is 31.4 Å². The molecule has 1 aromatic rings. The van der Waals surface area contributed by atoms with Crippen molar-refractivity contribution >= 4 is 11.8 Å². The number of carbonyl (C=O) groups excluding carboxylic acids is 2. The highest BCUT2D eigenvalue weighted by atomic mass is 16.7. The SMILES string of the molecule is CO[C@H]1CC2C3CCC4[C@H](C)C(=O)C=CC45CC35CC[C@]2(C)[C@H]1CC(O)C1=C(CN(C)OC(=O)c2ccccc2)C(C)CO1. The van der Waals surface area contributed by atoms with E-state index in [4.69, 9.17) is 14.3 Å². The first-order chi connectivity index (χ1) is 21.0. The second-order valence-corrected chi connectivity index (χ2v) is 15.3. The molecule has 44 heavy (non-hydrogen) atoms. The minimum absolute atomic E-state index is 0.0843. The third-order valence-corrected chi connectivity index (χ3v) is 13.5. The van der Waals surface area contributed by atoms with Crippen LogP contribution in [0, 0.1) is 51.8 Å². The van der Waals surface area contributed by atoms with E-state index in [0.717, 1.165) is 24.8 Å². The third kappa shape index (κ3) is 4.39. The molecular weight excluding hydrogens is 554 g/mol. The van der Waals surface area contributed by atoms with Crippen molar-refractivity contribution in [2.45, 2.75) is 77.9 Å². The van der Waals surface area contributed by atoms with Gasteiger partial charge in [-0.3, -0.25) is 4.79 Å². The van der Waals surface area contributed by atoms with Crippen LogP contribution in [-0.4, -0.2) is 61.4 Å². The molecule has 0 amide bonds. The average Bonchev–Trinajstić information content (AvgIpc) is 3.42. The zero-order valence-corrected chi connectivity index (χ0v) is 27.0. The molecule has 0 aromatic heterocycles. The summed E-state index contributed by atoms with van der Waals surface area (Å²) in [5.74, 6) is 2.74. The minimum atomic E-state index is -0.738. The fourth-order valence-electron chi connectivity index (χ4n) is 11.2. The van der Waals surface area contributed by atoms with Gasteiger partial charge in [-0.1, -0.05) is 45.0 Å². The van der Waals surface area contributed by atoms with Gasteiger partial charge in [-0.15, -0.1) is 5.06 Å². The zero-order valence-electron chi connectivity index (χ0n) is 27.0. The molecule has 1 N–H and O–H groups in total. The summed E-state index contributed by atoms with van der Waals surface area (Å²) in [6.45, 7) is 7.62. The highest BCUT2D eigenvalue weighted by Gasteiger charge is 2.78. The molecule has 0 radical (unpaired) electrons. The molecule has 1 heterocycles. The first-order valence-electron chi connectivity index (χ1n) is 16.8. The quantitative estimate of drug-likeness (QED) is 0.366. The Hall–Kier alpha value is -2.48. The lowest BCUT2D eigenvalue weighted by atomic mass is 9.49. The predicted octanol–water partition coefficient (Wildman–Crippen LogP) is 5.99. The highest BCUT2D eigenvalue weighted by molar-refractivity contribution is 5.93. The van der Waals surface area contributed by atoms with Crippen LogP contribution in [0.1, 0.15) is 76.1 Å². The number of nitrogens with zero attached hydrogens (tertiary/aromatic N) is 1. The molecule has 7 rings (SSSR count). The monoisotopic (exact) mass is 603 g/mol. The Morgan fingerprint density at radius 3 is 2.64 bits per heavy atom.